The van der Waals surface area contributed by atoms with Crippen LogP contribution in [0.4, 0.5) is 11.8 Å². The van der Waals surface area contributed by atoms with Crippen LogP contribution in [0, 0.1) is 11.8 Å². The van der Waals surface area contributed by atoms with Crippen molar-refractivity contribution in [3.63, 3.8) is 0 Å². The van der Waals surface area contributed by atoms with Gasteiger partial charge in [0.15, 0.2) is 0 Å². The van der Waals surface area contributed by atoms with Gasteiger partial charge in [0.2, 0.25) is 11.9 Å². The van der Waals surface area contributed by atoms with Crippen molar-refractivity contribution in [3.8, 4) is 0 Å². The topological polar surface area (TPSA) is 52.6 Å². The highest BCUT2D eigenvalue weighted by atomic mass is 16.2. The highest BCUT2D eigenvalue weighted by molar-refractivity contribution is 5.81. The van der Waals surface area contributed by atoms with Crippen molar-refractivity contribution in [1.29, 1.82) is 0 Å². The highest BCUT2D eigenvalue weighted by Gasteiger charge is 2.36. The maximum absolute atomic E-state index is 12.5. The summed E-state index contributed by atoms with van der Waals surface area (Å²) in [5.74, 6) is 3.25. The Balaban J connectivity index is 1.61. The van der Waals surface area contributed by atoms with E-state index >= 15 is 0 Å². The molecular weight excluding hydrogens is 314 g/mol. The number of piperidine rings is 1. The summed E-state index contributed by atoms with van der Waals surface area (Å²) in [6, 6.07) is 0. The van der Waals surface area contributed by atoms with Crippen LogP contribution in [0.25, 0.3) is 0 Å². The Morgan fingerprint density at radius 1 is 1.08 bits per heavy atom. The van der Waals surface area contributed by atoms with Crippen LogP contribution in [0.2, 0.25) is 0 Å². The molecule has 0 N–H and O–H groups in total. The van der Waals surface area contributed by atoms with Crippen molar-refractivity contribution in [1.82, 2.24) is 14.9 Å². The molecule has 0 atom stereocenters. The van der Waals surface area contributed by atoms with E-state index in [-0.39, 0.29) is 5.92 Å². The minimum atomic E-state index is 0.278. The Hall–Kier alpha value is -1.85. The lowest BCUT2D eigenvalue weighted by Gasteiger charge is -2.34. The monoisotopic (exact) mass is 343 g/mol. The van der Waals surface area contributed by atoms with Gasteiger partial charge >= 0.3 is 0 Å². The summed E-state index contributed by atoms with van der Waals surface area (Å²) >= 11 is 0. The summed E-state index contributed by atoms with van der Waals surface area (Å²) in [6.45, 7) is 5.86. The number of aromatic nitrogens is 2. The molecule has 1 aromatic heterocycles. The molecule has 0 unspecified atom stereocenters. The van der Waals surface area contributed by atoms with Gasteiger partial charge in [-0.15, -0.1) is 0 Å². The van der Waals surface area contributed by atoms with E-state index in [1.807, 2.05) is 19.0 Å². The molecule has 1 saturated heterocycles. The van der Waals surface area contributed by atoms with Gasteiger partial charge < -0.3 is 14.7 Å². The number of amides is 1. The largest absolute Gasteiger partial charge is 0.362 e. The fourth-order valence-corrected chi connectivity index (χ4v) is 3.88. The Morgan fingerprint density at radius 2 is 1.80 bits per heavy atom. The second kappa shape index (κ2) is 6.46. The first-order chi connectivity index (χ1) is 12.0. The first-order valence-corrected chi connectivity index (χ1v) is 9.63. The van der Waals surface area contributed by atoms with Gasteiger partial charge in [0.1, 0.15) is 5.82 Å². The average Bonchev–Trinajstić information content (AvgIpc) is 3.45. The van der Waals surface area contributed by atoms with Gasteiger partial charge in [-0.25, -0.2) is 4.98 Å². The summed E-state index contributed by atoms with van der Waals surface area (Å²) in [5, 5.41) is 0. The molecule has 1 aliphatic carbocycles. The molecule has 2 fully saturated rings. The lowest BCUT2D eigenvalue weighted by atomic mass is 9.99. The van der Waals surface area contributed by atoms with Crippen LogP contribution in [0.15, 0.2) is 0 Å². The van der Waals surface area contributed by atoms with E-state index in [1.54, 1.807) is 0 Å². The minimum absolute atomic E-state index is 0.278. The number of carbonyl (C=O) groups is 1. The van der Waals surface area contributed by atoms with E-state index in [1.165, 1.54) is 12.8 Å². The van der Waals surface area contributed by atoms with Crippen LogP contribution in [0.3, 0.4) is 0 Å². The third kappa shape index (κ3) is 3.31. The third-order valence-corrected chi connectivity index (χ3v) is 5.75. The van der Waals surface area contributed by atoms with E-state index in [0.717, 1.165) is 67.8 Å². The Kier molecular flexibility index (Phi) is 4.29. The predicted molar refractivity (Wildman–Crippen MR) is 98.8 cm³/mol. The molecule has 136 valence electrons. The van der Waals surface area contributed by atoms with Crippen molar-refractivity contribution in [3.05, 3.63) is 11.3 Å². The summed E-state index contributed by atoms with van der Waals surface area (Å²) in [6.07, 6.45) is 5.38. The molecule has 1 amide bonds. The van der Waals surface area contributed by atoms with Gasteiger partial charge in [0.25, 0.3) is 0 Å². The second-order valence-corrected chi connectivity index (χ2v) is 8.12. The van der Waals surface area contributed by atoms with Crippen LogP contribution in [0.5, 0.6) is 0 Å². The zero-order valence-electron chi connectivity index (χ0n) is 15.7. The van der Waals surface area contributed by atoms with Crippen LogP contribution in [-0.2, 0) is 17.8 Å². The van der Waals surface area contributed by atoms with E-state index in [0.29, 0.717) is 12.5 Å². The maximum atomic E-state index is 12.5. The van der Waals surface area contributed by atoms with Gasteiger partial charge in [-0.05, 0) is 31.6 Å². The molecule has 0 spiro atoms. The molecule has 3 heterocycles. The first kappa shape index (κ1) is 16.6. The van der Waals surface area contributed by atoms with Gasteiger partial charge in [0.05, 0.1) is 12.2 Å². The molecule has 25 heavy (non-hydrogen) atoms. The first-order valence-electron chi connectivity index (χ1n) is 9.63. The molecular formula is C19H29N5O. The van der Waals surface area contributed by atoms with E-state index in [4.69, 9.17) is 9.97 Å². The lowest BCUT2D eigenvalue weighted by Crippen LogP contribution is -2.39. The van der Waals surface area contributed by atoms with Crippen LogP contribution < -0.4 is 9.80 Å². The van der Waals surface area contributed by atoms with E-state index < -0.39 is 0 Å². The molecule has 0 radical (unpaired) electrons. The van der Waals surface area contributed by atoms with Crippen molar-refractivity contribution in [2.24, 2.45) is 11.8 Å². The number of hydrogen-bond donors (Lipinski definition) is 0. The molecule has 1 saturated carbocycles. The minimum Gasteiger partial charge on any atom is -0.362 e. The number of hydrogen-bond acceptors (Lipinski definition) is 5. The molecule has 0 aromatic carbocycles. The van der Waals surface area contributed by atoms with E-state index in [2.05, 4.69) is 16.7 Å². The molecule has 4 rings (SSSR count). The molecule has 6 nitrogen and oxygen atoms in total. The van der Waals surface area contributed by atoms with Crippen molar-refractivity contribution in [2.75, 3.05) is 43.5 Å². The Labute approximate surface area is 150 Å². The average molecular weight is 343 g/mol. The number of fused-ring (bicyclic) bond motifs is 1. The summed E-state index contributed by atoms with van der Waals surface area (Å²) in [4.78, 5) is 28.7. The van der Waals surface area contributed by atoms with Gasteiger partial charge in [0, 0.05) is 51.6 Å². The van der Waals surface area contributed by atoms with Crippen LogP contribution in [-0.4, -0.2) is 54.5 Å². The summed E-state index contributed by atoms with van der Waals surface area (Å²) in [5.41, 5.74) is 2.27. The zero-order chi connectivity index (χ0) is 17.6. The fraction of sp³-hybridized carbons (Fsp3) is 0.737. The summed E-state index contributed by atoms with van der Waals surface area (Å²) in [7, 11) is 4.07. The standard InChI is InChI=1S/C19H29N5O/c1-13-6-9-23(10-7-13)19-20-16-8-11-24(18(25)14-4-5-14)12-15(16)17(21-19)22(2)3/h13-14H,4-12H2,1-3H3. The zero-order valence-corrected chi connectivity index (χ0v) is 15.7. The predicted octanol–water partition coefficient (Wildman–Crippen LogP) is 2.07. The summed E-state index contributed by atoms with van der Waals surface area (Å²) < 4.78 is 0. The van der Waals surface area contributed by atoms with Gasteiger partial charge in [-0.2, -0.15) is 4.98 Å². The molecule has 3 aliphatic rings. The SMILES string of the molecule is CC1CCN(c2nc3c(c(N(C)C)n2)CN(C(=O)C2CC2)CC3)CC1. The lowest BCUT2D eigenvalue weighted by molar-refractivity contribution is -0.133. The maximum Gasteiger partial charge on any atom is 0.227 e. The quantitative estimate of drug-likeness (QED) is 0.841. The van der Waals surface area contributed by atoms with Crippen molar-refractivity contribution in [2.45, 2.75) is 45.6 Å². The van der Waals surface area contributed by atoms with Gasteiger partial charge in [-0.3, -0.25) is 4.79 Å². The Morgan fingerprint density at radius 3 is 2.44 bits per heavy atom. The molecule has 2 aliphatic heterocycles. The smallest absolute Gasteiger partial charge is 0.227 e. The molecule has 1 aromatic rings. The van der Waals surface area contributed by atoms with Crippen LogP contribution >= 0.6 is 0 Å². The van der Waals surface area contributed by atoms with Crippen molar-refractivity contribution >= 4 is 17.7 Å². The molecule has 0 bridgehead atoms. The Bertz CT molecular complexity index is 662. The normalized spacial score (nSPS) is 21.2. The third-order valence-electron chi connectivity index (χ3n) is 5.75. The molecule has 6 heteroatoms. The van der Waals surface area contributed by atoms with E-state index in [9.17, 15) is 4.79 Å². The second-order valence-electron chi connectivity index (χ2n) is 8.12. The van der Waals surface area contributed by atoms with Crippen molar-refractivity contribution < 1.29 is 4.79 Å². The highest BCUT2D eigenvalue weighted by Crippen LogP contribution is 2.34. The number of nitrogens with zero attached hydrogens (tertiary/aromatic N) is 5. The van der Waals surface area contributed by atoms with Gasteiger partial charge in [-0.1, -0.05) is 6.92 Å². The number of anilines is 2. The number of carbonyl (C=O) groups excluding carboxylic acids is 1. The fourth-order valence-electron chi connectivity index (χ4n) is 3.88. The van der Waals surface area contributed by atoms with Crippen LogP contribution in [0.1, 0.15) is 43.9 Å². The number of rotatable bonds is 3.